The van der Waals surface area contributed by atoms with Crippen molar-refractivity contribution in [1.82, 2.24) is 5.32 Å². The lowest BCUT2D eigenvalue weighted by Crippen LogP contribution is -2.07. The molecule has 1 rings (SSSR count). The van der Waals surface area contributed by atoms with Crippen molar-refractivity contribution in [3.8, 4) is 17.2 Å². The predicted molar refractivity (Wildman–Crippen MR) is 72.8 cm³/mol. The lowest BCUT2D eigenvalue weighted by molar-refractivity contribution is 0.300. The van der Waals surface area contributed by atoms with Crippen LogP contribution in [0.4, 0.5) is 0 Å². The highest BCUT2D eigenvalue weighted by atomic mass is 16.5. The van der Waals surface area contributed by atoms with E-state index in [2.05, 4.69) is 5.32 Å². The molecule has 0 bridgehead atoms. The van der Waals surface area contributed by atoms with Crippen molar-refractivity contribution in [3.63, 3.8) is 0 Å². The summed E-state index contributed by atoms with van der Waals surface area (Å²) in [4.78, 5) is 0. The first-order valence-electron chi connectivity index (χ1n) is 6.30. The smallest absolute Gasteiger partial charge is 0.126 e. The topological polar surface area (TPSA) is 39.7 Å². The molecule has 0 unspecified atom stereocenters. The summed E-state index contributed by atoms with van der Waals surface area (Å²) >= 11 is 0. The molecule has 4 nitrogen and oxygen atoms in total. The summed E-state index contributed by atoms with van der Waals surface area (Å²) in [5, 5.41) is 3.13. The second-order valence-electron chi connectivity index (χ2n) is 4.06. The van der Waals surface area contributed by atoms with Crippen molar-refractivity contribution in [3.05, 3.63) is 18.2 Å². The van der Waals surface area contributed by atoms with Crippen molar-refractivity contribution < 1.29 is 14.2 Å². The van der Waals surface area contributed by atoms with Crippen LogP contribution in [0.2, 0.25) is 0 Å². The van der Waals surface area contributed by atoms with E-state index in [9.17, 15) is 0 Å². The number of benzene rings is 1. The van der Waals surface area contributed by atoms with Gasteiger partial charge in [-0.3, -0.25) is 0 Å². The summed E-state index contributed by atoms with van der Waals surface area (Å²) in [5.41, 5.74) is 0. The highest BCUT2D eigenvalue weighted by molar-refractivity contribution is 5.41. The average Bonchev–Trinajstić information content (AvgIpc) is 2.42. The van der Waals surface area contributed by atoms with Crippen molar-refractivity contribution in [2.45, 2.75) is 19.3 Å². The van der Waals surface area contributed by atoms with Gasteiger partial charge in [0.15, 0.2) is 0 Å². The molecule has 0 heterocycles. The molecule has 0 amide bonds. The minimum absolute atomic E-state index is 0.722. The zero-order valence-electron chi connectivity index (χ0n) is 11.5. The number of unbranched alkanes of at least 4 members (excludes halogenated alkanes) is 2. The number of nitrogens with one attached hydrogen (secondary N) is 1. The Morgan fingerprint density at radius 1 is 0.889 bits per heavy atom. The molecule has 1 aromatic rings. The third kappa shape index (κ3) is 5.27. The van der Waals surface area contributed by atoms with Gasteiger partial charge in [-0.1, -0.05) is 0 Å². The third-order valence-corrected chi connectivity index (χ3v) is 2.66. The quantitative estimate of drug-likeness (QED) is 0.686. The summed E-state index contributed by atoms with van der Waals surface area (Å²) < 4.78 is 16.1. The van der Waals surface area contributed by atoms with Crippen LogP contribution in [0.25, 0.3) is 0 Å². The van der Waals surface area contributed by atoms with E-state index < -0.39 is 0 Å². The molecule has 18 heavy (non-hydrogen) atoms. The lowest BCUT2D eigenvalue weighted by Gasteiger charge is -2.10. The van der Waals surface area contributed by atoms with Crippen molar-refractivity contribution >= 4 is 0 Å². The average molecular weight is 253 g/mol. The maximum absolute atomic E-state index is 5.69. The summed E-state index contributed by atoms with van der Waals surface area (Å²) in [7, 11) is 5.24. The van der Waals surface area contributed by atoms with Gasteiger partial charge in [0, 0.05) is 18.2 Å². The van der Waals surface area contributed by atoms with Gasteiger partial charge in [-0.15, -0.1) is 0 Å². The standard InChI is InChI=1S/C14H23NO3/c1-15-7-5-4-6-8-18-14-10-12(16-2)9-13(11-14)17-3/h9-11,15H,4-8H2,1-3H3. The lowest BCUT2D eigenvalue weighted by atomic mass is 10.2. The number of ether oxygens (including phenoxy) is 3. The van der Waals surface area contributed by atoms with E-state index in [-0.39, 0.29) is 0 Å². The Morgan fingerprint density at radius 3 is 2.06 bits per heavy atom. The van der Waals surface area contributed by atoms with E-state index >= 15 is 0 Å². The highest BCUT2D eigenvalue weighted by Crippen LogP contribution is 2.27. The predicted octanol–water partition coefficient (Wildman–Crippen LogP) is 2.47. The normalized spacial score (nSPS) is 10.2. The Bertz CT molecular complexity index is 320. The van der Waals surface area contributed by atoms with E-state index in [0.717, 1.165) is 36.8 Å². The van der Waals surface area contributed by atoms with Gasteiger partial charge in [-0.2, -0.15) is 0 Å². The SMILES string of the molecule is CNCCCCCOc1cc(OC)cc(OC)c1. The van der Waals surface area contributed by atoms with Gasteiger partial charge in [-0.05, 0) is 32.9 Å². The van der Waals surface area contributed by atoms with Crippen LogP contribution < -0.4 is 19.5 Å². The van der Waals surface area contributed by atoms with Crippen molar-refractivity contribution in [2.24, 2.45) is 0 Å². The fraction of sp³-hybridized carbons (Fsp3) is 0.571. The molecule has 0 saturated carbocycles. The Morgan fingerprint density at radius 2 is 1.50 bits per heavy atom. The summed E-state index contributed by atoms with van der Waals surface area (Å²) in [6.45, 7) is 1.78. The molecule has 0 aliphatic carbocycles. The third-order valence-electron chi connectivity index (χ3n) is 2.66. The Labute approximate surface area is 109 Å². The molecule has 0 atom stereocenters. The monoisotopic (exact) mass is 253 g/mol. The largest absolute Gasteiger partial charge is 0.496 e. The van der Waals surface area contributed by atoms with Gasteiger partial charge in [0.05, 0.1) is 20.8 Å². The first-order valence-corrected chi connectivity index (χ1v) is 6.30. The van der Waals surface area contributed by atoms with Crippen LogP contribution in [-0.2, 0) is 0 Å². The first kappa shape index (κ1) is 14.6. The van der Waals surface area contributed by atoms with Gasteiger partial charge in [0.1, 0.15) is 17.2 Å². The van der Waals surface area contributed by atoms with Crippen LogP contribution in [0.1, 0.15) is 19.3 Å². The van der Waals surface area contributed by atoms with E-state index in [1.165, 1.54) is 12.8 Å². The van der Waals surface area contributed by atoms with Gasteiger partial charge in [0.2, 0.25) is 0 Å². The molecule has 0 spiro atoms. The molecule has 0 fully saturated rings. The molecular formula is C14H23NO3. The molecule has 0 aliphatic rings. The zero-order valence-corrected chi connectivity index (χ0v) is 11.5. The molecule has 1 aromatic carbocycles. The molecule has 0 aliphatic heterocycles. The van der Waals surface area contributed by atoms with Crippen LogP contribution in [0.15, 0.2) is 18.2 Å². The zero-order chi connectivity index (χ0) is 13.2. The van der Waals surface area contributed by atoms with Crippen LogP contribution in [-0.4, -0.2) is 34.4 Å². The minimum atomic E-state index is 0.722. The molecular weight excluding hydrogens is 230 g/mol. The minimum Gasteiger partial charge on any atom is -0.496 e. The van der Waals surface area contributed by atoms with Gasteiger partial charge < -0.3 is 19.5 Å². The van der Waals surface area contributed by atoms with E-state index in [0.29, 0.717) is 0 Å². The highest BCUT2D eigenvalue weighted by Gasteiger charge is 2.02. The number of rotatable bonds is 9. The van der Waals surface area contributed by atoms with Crippen molar-refractivity contribution in [1.29, 1.82) is 0 Å². The van der Waals surface area contributed by atoms with E-state index in [1.54, 1.807) is 14.2 Å². The fourth-order valence-electron chi connectivity index (χ4n) is 1.64. The molecule has 0 saturated heterocycles. The van der Waals surface area contributed by atoms with Gasteiger partial charge in [-0.25, -0.2) is 0 Å². The Hall–Kier alpha value is -1.42. The number of hydrogen-bond acceptors (Lipinski definition) is 4. The van der Waals surface area contributed by atoms with E-state index in [4.69, 9.17) is 14.2 Å². The Balaban J connectivity index is 2.36. The maximum Gasteiger partial charge on any atom is 0.126 e. The van der Waals surface area contributed by atoms with E-state index in [1.807, 2.05) is 25.2 Å². The molecule has 4 heteroatoms. The summed E-state index contributed by atoms with van der Waals surface area (Å²) in [6, 6.07) is 5.58. The van der Waals surface area contributed by atoms with Crippen LogP contribution >= 0.6 is 0 Å². The maximum atomic E-state index is 5.69. The van der Waals surface area contributed by atoms with Crippen LogP contribution in [0.5, 0.6) is 17.2 Å². The van der Waals surface area contributed by atoms with Crippen LogP contribution in [0.3, 0.4) is 0 Å². The van der Waals surface area contributed by atoms with Crippen molar-refractivity contribution in [2.75, 3.05) is 34.4 Å². The second-order valence-corrected chi connectivity index (χ2v) is 4.06. The van der Waals surface area contributed by atoms with Crippen LogP contribution in [0, 0.1) is 0 Å². The molecule has 102 valence electrons. The molecule has 0 radical (unpaired) electrons. The Kier molecular flexibility index (Phi) is 7.03. The summed E-state index contributed by atoms with van der Waals surface area (Å²) in [5.74, 6) is 2.29. The fourth-order valence-corrected chi connectivity index (χ4v) is 1.64. The van der Waals surface area contributed by atoms with Gasteiger partial charge in [0.25, 0.3) is 0 Å². The molecule has 1 N–H and O–H groups in total. The number of methoxy groups -OCH3 is 2. The molecule has 0 aromatic heterocycles. The van der Waals surface area contributed by atoms with Gasteiger partial charge >= 0.3 is 0 Å². The first-order chi connectivity index (χ1) is 8.80. The number of hydrogen-bond donors (Lipinski definition) is 1. The second kappa shape index (κ2) is 8.64. The summed E-state index contributed by atoms with van der Waals surface area (Å²) in [6.07, 6.45) is 3.41.